The lowest BCUT2D eigenvalue weighted by Crippen LogP contribution is -2.25. The van der Waals surface area contributed by atoms with Crippen LogP contribution in [0.25, 0.3) is 11.4 Å². The fourth-order valence-electron chi connectivity index (χ4n) is 3.75. The number of carbonyl (C=O) groups is 1. The van der Waals surface area contributed by atoms with Crippen molar-refractivity contribution in [3.05, 3.63) is 65.0 Å². The largest absolute Gasteiger partial charge is 0.339 e. The van der Waals surface area contributed by atoms with Gasteiger partial charge in [0.05, 0.1) is 5.92 Å². The van der Waals surface area contributed by atoms with Crippen LogP contribution in [0.3, 0.4) is 0 Å². The lowest BCUT2D eigenvalue weighted by Gasteiger charge is -2.19. The highest BCUT2D eigenvalue weighted by Gasteiger charge is 2.35. The van der Waals surface area contributed by atoms with E-state index in [0.29, 0.717) is 24.7 Å². The van der Waals surface area contributed by atoms with E-state index < -0.39 is 0 Å². The van der Waals surface area contributed by atoms with E-state index in [2.05, 4.69) is 61.2 Å². The summed E-state index contributed by atoms with van der Waals surface area (Å²) in [7, 11) is 0. The van der Waals surface area contributed by atoms with Crippen LogP contribution in [0.1, 0.15) is 55.7 Å². The van der Waals surface area contributed by atoms with Crippen LogP contribution < -0.4 is 4.90 Å². The minimum atomic E-state index is -0.0856. The number of hydrogen-bond acceptors (Lipinski definition) is 4. The van der Waals surface area contributed by atoms with Gasteiger partial charge in [-0.1, -0.05) is 62.3 Å². The Bertz CT molecular complexity index is 1040. The summed E-state index contributed by atoms with van der Waals surface area (Å²) in [6.07, 6.45) is 0.387. The van der Waals surface area contributed by atoms with Crippen LogP contribution in [-0.2, 0) is 10.2 Å². The molecule has 29 heavy (non-hydrogen) atoms. The first kappa shape index (κ1) is 19.4. The Morgan fingerprint density at radius 3 is 2.48 bits per heavy atom. The van der Waals surface area contributed by atoms with Gasteiger partial charge in [0.25, 0.3) is 0 Å². The quantitative estimate of drug-likeness (QED) is 0.620. The number of aryl methyl sites for hydroxylation is 2. The number of amides is 1. The molecule has 0 saturated carbocycles. The zero-order valence-corrected chi connectivity index (χ0v) is 17.7. The molecular weight excluding hydrogens is 362 g/mol. The van der Waals surface area contributed by atoms with Crippen LogP contribution in [0.4, 0.5) is 5.69 Å². The van der Waals surface area contributed by atoms with E-state index in [1.54, 1.807) is 0 Å². The van der Waals surface area contributed by atoms with Crippen molar-refractivity contribution in [1.29, 1.82) is 0 Å². The molecule has 1 aliphatic rings. The summed E-state index contributed by atoms with van der Waals surface area (Å²) in [6, 6.07) is 14.4. The Hall–Kier alpha value is -2.95. The molecule has 3 aromatic rings. The van der Waals surface area contributed by atoms with Crippen molar-refractivity contribution >= 4 is 11.6 Å². The maximum atomic E-state index is 12.7. The topological polar surface area (TPSA) is 59.2 Å². The van der Waals surface area contributed by atoms with Crippen LogP contribution in [0.15, 0.2) is 47.0 Å². The summed E-state index contributed by atoms with van der Waals surface area (Å²) >= 11 is 0. The summed E-state index contributed by atoms with van der Waals surface area (Å²) in [4.78, 5) is 19.1. The van der Waals surface area contributed by atoms with Crippen molar-refractivity contribution in [1.82, 2.24) is 10.1 Å². The lowest BCUT2D eigenvalue weighted by molar-refractivity contribution is -0.117. The predicted molar refractivity (Wildman–Crippen MR) is 114 cm³/mol. The normalized spacial score (nSPS) is 17.2. The third kappa shape index (κ3) is 3.82. The van der Waals surface area contributed by atoms with Crippen LogP contribution in [0, 0.1) is 13.8 Å². The second kappa shape index (κ2) is 7.14. The Labute approximate surface area is 171 Å². The van der Waals surface area contributed by atoms with Crippen molar-refractivity contribution in [3.63, 3.8) is 0 Å². The van der Waals surface area contributed by atoms with E-state index >= 15 is 0 Å². The maximum absolute atomic E-state index is 12.7. The molecule has 1 aromatic heterocycles. The molecule has 1 saturated heterocycles. The Balaban J connectivity index is 1.54. The van der Waals surface area contributed by atoms with Crippen molar-refractivity contribution in [2.24, 2.45) is 0 Å². The van der Waals surface area contributed by atoms with E-state index in [1.807, 2.05) is 30.9 Å². The number of anilines is 1. The predicted octanol–water partition coefficient (Wildman–Crippen LogP) is 5.17. The standard InChI is InChI=1S/C24H27N3O2/c1-15-6-7-16(2)20(12-15)27-14-18(13-21(27)28)23-25-22(26-29-23)17-8-10-19(11-9-17)24(3,4)5/h6-12,18H,13-14H2,1-5H3. The second-order valence-corrected chi connectivity index (χ2v) is 8.98. The van der Waals surface area contributed by atoms with Gasteiger partial charge < -0.3 is 9.42 Å². The molecule has 1 fully saturated rings. The molecule has 0 bridgehead atoms. The second-order valence-electron chi connectivity index (χ2n) is 8.98. The number of rotatable bonds is 3. The monoisotopic (exact) mass is 389 g/mol. The summed E-state index contributed by atoms with van der Waals surface area (Å²) in [5, 5.41) is 4.16. The minimum Gasteiger partial charge on any atom is -0.339 e. The van der Waals surface area contributed by atoms with Crippen molar-refractivity contribution in [2.75, 3.05) is 11.4 Å². The van der Waals surface area contributed by atoms with Crippen molar-refractivity contribution in [3.8, 4) is 11.4 Å². The van der Waals surface area contributed by atoms with Gasteiger partial charge in [-0.3, -0.25) is 4.79 Å². The first-order valence-electron chi connectivity index (χ1n) is 10.0. The van der Waals surface area contributed by atoms with Gasteiger partial charge in [-0.05, 0) is 42.0 Å². The molecule has 0 aliphatic carbocycles. The van der Waals surface area contributed by atoms with Crippen molar-refractivity contribution < 1.29 is 9.32 Å². The van der Waals surface area contributed by atoms with Gasteiger partial charge in [0.1, 0.15) is 0 Å². The number of benzene rings is 2. The third-order valence-corrected chi connectivity index (χ3v) is 5.58. The Morgan fingerprint density at radius 1 is 1.07 bits per heavy atom. The molecule has 0 spiro atoms. The molecule has 2 heterocycles. The van der Waals surface area contributed by atoms with Gasteiger partial charge in [-0.2, -0.15) is 4.98 Å². The van der Waals surface area contributed by atoms with Crippen LogP contribution in [0.5, 0.6) is 0 Å². The van der Waals surface area contributed by atoms with Gasteiger partial charge in [0.2, 0.25) is 17.6 Å². The molecule has 1 amide bonds. The SMILES string of the molecule is Cc1ccc(C)c(N2CC(c3nc(-c4ccc(C(C)(C)C)cc4)no3)CC2=O)c1. The van der Waals surface area contributed by atoms with Crippen LogP contribution >= 0.6 is 0 Å². The highest BCUT2D eigenvalue weighted by Crippen LogP contribution is 2.34. The van der Waals surface area contributed by atoms with Gasteiger partial charge in [0, 0.05) is 24.2 Å². The molecule has 5 nitrogen and oxygen atoms in total. The van der Waals surface area contributed by atoms with Crippen molar-refractivity contribution in [2.45, 2.75) is 52.4 Å². The molecule has 4 rings (SSSR count). The van der Waals surface area contributed by atoms with Crippen LogP contribution in [0.2, 0.25) is 0 Å². The van der Waals surface area contributed by atoms with Gasteiger partial charge in [0.15, 0.2) is 0 Å². The zero-order valence-electron chi connectivity index (χ0n) is 17.7. The average Bonchev–Trinajstić information content (AvgIpc) is 3.30. The maximum Gasteiger partial charge on any atom is 0.232 e. The molecule has 1 aliphatic heterocycles. The molecule has 1 unspecified atom stereocenters. The van der Waals surface area contributed by atoms with E-state index in [1.165, 1.54) is 5.56 Å². The van der Waals surface area contributed by atoms with Gasteiger partial charge in [-0.25, -0.2) is 0 Å². The number of nitrogens with zero attached hydrogens (tertiary/aromatic N) is 3. The Kier molecular flexibility index (Phi) is 4.77. The third-order valence-electron chi connectivity index (χ3n) is 5.58. The first-order chi connectivity index (χ1) is 13.7. The molecule has 5 heteroatoms. The van der Waals surface area contributed by atoms with E-state index in [9.17, 15) is 4.79 Å². The summed E-state index contributed by atoms with van der Waals surface area (Å²) < 4.78 is 5.55. The smallest absolute Gasteiger partial charge is 0.232 e. The molecule has 1 atom stereocenters. The lowest BCUT2D eigenvalue weighted by atomic mass is 9.87. The number of hydrogen-bond donors (Lipinski definition) is 0. The Morgan fingerprint density at radius 2 is 1.79 bits per heavy atom. The molecule has 150 valence electrons. The van der Waals surface area contributed by atoms with Crippen LogP contribution in [-0.4, -0.2) is 22.6 Å². The van der Waals surface area contributed by atoms with E-state index in [0.717, 1.165) is 22.4 Å². The molecule has 0 N–H and O–H groups in total. The highest BCUT2D eigenvalue weighted by molar-refractivity contribution is 5.97. The minimum absolute atomic E-state index is 0.0856. The fraction of sp³-hybridized carbons (Fsp3) is 0.375. The van der Waals surface area contributed by atoms with E-state index in [4.69, 9.17) is 4.52 Å². The first-order valence-corrected chi connectivity index (χ1v) is 10.0. The van der Waals surface area contributed by atoms with Gasteiger partial charge in [-0.15, -0.1) is 0 Å². The highest BCUT2D eigenvalue weighted by atomic mass is 16.5. The summed E-state index contributed by atoms with van der Waals surface area (Å²) in [5.41, 5.74) is 5.48. The summed E-state index contributed by atoms with van der Waals surface area (Å²) in [5.74, 6) is 1.11. The van der Waals surface area contributed by atoms with Gasteiger partial charge >= 0.3 is 0 Å². The summed E-state index contributed by atoms with van der Waals surface area (Å²) in [6.45, 7) is 11.2. The molecule has 2 aromatic carbocycles. The van der Waals surface area contributed by atoms with E-state index in [-0.39, 0.29) is 17.2 Å². The molecular formula is C24H27N3O2. The number of carbonyl (C=O) groups excluding carboxylic acids is 1. The molecule has 0 radical (unpaired) electrons. The number of aromatic nitrogens is 2. The fourth-order valence-corrected chi connectivity index (χ4v) is 3.75. The zero-order chi connectivity index (χ0) is 20.8. The average molecular weight is 389 g/mol.